The Balaban J connectivity index is 2.18. The predicted molar refractivity (Wildman–Crippen MR) is 82.6 cm³/mol. The molecule has 0 bridgehead atoms. The number of aryl methyl sites for hydroxylation is 1. The van der Waals surface area contributed by atoms with E-state index in [1.165, 1.54) is 5.56 Å². The number of ether oxygens (including phenoxy) is 1. The van der Waals surface area contributed by atoms with Crippen LogP contribution in [0.2, 0.25) is 0 Å². The quantitative estimate of drug-likeness (QED) is 0.676. The number of nitrogens with one attached hydrogen (secondary N) is 1. The average Bonchev–Trinajstić information content (AvgIpc) is 2.45. The highest BCUT2D eigenvalue weighted by Gasteiger charge is 2.07. The smallest absolute Gasteiger partial charge is 0.211 e. The van der Waals surface area contributed by atoms with Gasteiger partial charge in [0.05, 0.1) is 12.9 Å². The van der Waals surface area contributed by atoms with Crippen molar-refractivity contribution in [3.63, 3.8) is 0 Å². The molecule has 0 aromatic heterocycles. The highest BCUT2D eigenvalue weighted by Crippen LogP contribution is 2.13. The lowest BCUT2D eigenvalue weighted by atomic mass is 10.1. The van der Waals surface area contributed by atoms with Crippen molar-refractivity contribution >= 4 is 10.0 Å². The van der Waals surface area contributed by atoms with E-state index in [4.69, 9.17) is 4.74 Å². The molecule has 20 heavy (non-hydrogen) atoms. The first-order valence-electron chi connectivity index (χ1n) is 7.17. The fourth-order valence-electron chi connectivity index (χ4n) is 1.88. The first kappa shape index (κ1) is 17.0. The molecule has 0 aliphatic rings. The molecule has 5 heteroatoms. The molecule has 0 aliphatic heterocycles. The van der Waals surface area contributed by atoms with Crippen LogP contribution >= 0.6 is 0 Å². The Morgan fingerprint density at radius 3 is 2.40 bits per heavy atom. The van der Waals surface area contributed by atoms with Crippen LogP contribution in [0.25, 0.3) is 0 Å². The van der Waals surface area contributed by atoms with Gasteiger partial charge in [-0.15, -0.1) is 0 Å². The van der Waals surface area contributed by atoms with Crippen molar-refractivity contribution in [1.29, 1.82) is 0 Å². The van der Waals surface area contributed by atoms with E-state index >= 15 is 0 Å². The molecule has 0 spiro atoms. The van der Waals surface area contributed by atoms with Gasteiger partial charge in [0.25, 0.3) is 0 Å². The second-order valence-electron chi connectivity index (χ2n) is 4.87. The summed E-state index contributed by atoms with van der Waals surface area (Å²) in [4.78, 5) is 0. The van der Waals surface area contributed by atoms with Gasteiger partial charge in [0, 0.05) is 6.54 Å². The van der Waals surface area contributed by atoms with Crippen LogP contribution in [0.1, 0.15) is 38.2 Å². The van der Waals surface area contributed by atoms with E-state index in [2.05, 4.69) is 4.72 Å². The standard InChI is InChI=1S/C15H25NO3S/c1-3-4-13-20(17,18)16-12-6-5-7-14-8-10-15(19-2)11-9-14/h8-11,16H,3-7,12-13H2,1-2H3. The molecule has 0 saturated heterocycles. The minimum atomic E-state index is -3.06. The summed E-state index contributed by atoms with van der Waals surface area (Å²) in [7, 11) is -1.41. The highest BCUT2D eigenvalue weighted by atomic mass is 32.2. The lowest BCUT2D eigenvalue weighted by molar-refractivity contribution is 0.414. The van der Waals surface area contributed by atoms with Gasteiger partial charge >= 0.3 is 0 Å². The maximum absolute atomic E-state index is 11.6. The number of sulfonamides is 1. The summed E-state index contributed by atoms with van der Waals surface area (Å²) in [5.41, 5.74) is 1.25. The minimum Gasteiger partial charge on any atom is -0.497 e. The number of hydrogen-bond donors (Lipinski definition) is 1. The third-order valence-corrected chi connectivity index (χ3v) is 4.61. The largest absolute Gasteiger partial charge is 0.497 e. The third-order valence-electron chi connectivity index (χ3n) is 3.14. The summed E-state index contributed by atoms with van der Waals surface area (Å²) in [5, 5.41) is 0. The van der Waals surface area contributed by atoms with E-state index in [0.29, 0.717) is 6.54 Å². The van der Waals surface area contributed by atoms with Crippen molar-refractivity contribution in [2.24, 2.45) is 0 Å². The van der Waals surface area contributed by atoms with E-state index in [-0.39, 0.29) is 5.75 Å². The van der Waals surface area contributed by atoms with Gasteiger partial charge in [0.15, 0.2) is 0 Å². The Morgan fingerprint density at radius 1 is 1.10 bits per heavy atom. The maximum Gasteiger partial charge on any atom is 0.211 e. The molecule has 1 rings (SSSR count). The first-order chi connectivity index (χ1) is 9.57. The molecular formula is C15H25NO3S. The molecule has 0 radical (unpaired) electrons. The molecule has 1 N–H and O–H groups in total. The fraction of sp³-hybridized carbons (Fsp3) is 0.600. The monoisotopic (exact) mass is 299 g/mol. The summed E-state index contributed by atoms with van der Waals surface area (Å²) in [6.45, 7) is 2.52. The molecule has 1 aromatic rings. The molecule has 0 amide bonds. The zero-order chi connectivity index (χ0) is 14.8. The number of unbranched alkanes of at least 4 members (excludes halogenated alkanes) is 2. The summed E-state index contributed by atoms with van der Waals surface area (Å²) < 4.78 is 30.9. The summed E-state index contributed by atoms with van der Waals surface area (Å²) in [6, 6.07) is 7.99. The van der Waals surface area contributed by atoms with Gasteiger partial charge in [-0.2, -0.15) is 0 Å². The van der Waals surface area contributed by atoms with E-state index in [0.717, 1.165) is 37.9 Å². The van der Waals surface area contributed by atoms with Crippen molar-refractivity contribution < 1.29 is 13.2 Å². The van der Waals surface area contributed by atoms with E-state index in [9.17, 15) is 8.42 Å². The topological polar surface area (TPSA) is 55.4 Å². The fourth-order valence-corrected chi connectivity index (χ4v) is 3.15. The molecule has 0 heterocycles. The molecule has 0 atom stereocenters. The van der Waals surface area contributed by atoms with Crippen LogP contribution in [0.4, 0.5) is 0 Å². The van der Waals surface area contributed by atoms with E-state index < -0.39 is 10.0 Å². The Bertz CT molecular complexity index is 468. The zero-order valence-electron chi connectivity index (χ0n) is 12.4. The van der Waals surface area contributed by atoms with Crippen molar-refractivity contribution in [1.82, 2.24) is 4.72 Å². The van der Waals surface area contributed by atoms with Gasteiger partial charge in [0.2, 0.25) is 10.0 Å². The lowest BCUT2D eigenvalue weighted by Gasteiger charge is -2.06. The minimum absolute atomic E-state index is 0.238. The highest BCUT2D eigenvalue weighted by molar-refractivity contribution is 7.89. The second-order valence-corrected chi connectivity index (χ2v) is 6.80. The third kappa shape index (κ3) is 6.91. The van der Waals surface area contributed by atoms with Gasteiger partial charge in [-0.3, -0.25) is 0 Å². The van der Waals surface area contributed by atoms with Gasteiger partial charge in [-0.1, -0.05) is 25.5 Å². The van der Waals surface area contributed by atoms with Crippen molar-refractivity contribution in [2.75, 3.05) is 19.4 Å². The number of benzene rings is 1. The average molecular weight is 299 g/mol. The van der Waals surface area contributed by atoms with Gasteiger partial charge in [-0.05, 0) is 43.4 Å². The van der Waals surface area contributed by atoms with Crippen molar-refractivity contribution in [3.8, 4) is 5.75 Å². The van der Waals surface area contributed by atoms with Crippen molar-refractivity contribution in [2.45, 2.75) is 39.0 Å². The Kier molecular flexibility index (Phi) is 7.62. The van der Waals surface area contributed by atoms with Gasteiger partial charge in [0.1, 0.15) is 5.75 Å². The zero-order valence-corrected chi connectivity index (χ0v) is 13.2. The molecule has 0 fully saturated rings. The van der Waals surface area contributed by atoms with E-state index in [1.54, 1.807) is 7.11 Å². The molecule has 114 valence electrons. The molecule has 0 unspecified atom stereocenters. The van der Waals surface area contributed by atoms with Crippen LogP contribution in [0.3, 0.4) is 0 Å². The molecular weight excluding hydrogens is 274 g/mol. The Morgan fingerprint density at radius 2 is 1.80 bits per heavy atom. The summed E-state index contributed by atoms with van der Waals surface area (Å²) >= 11 is 0. The number of rotatable bonds is 10. The van der Waals surface area contributed by atoms with Crippen LogP contribution in [-0.2, 0) is 16.4 Å². The SMILES string of the molecule is CCCCS(=O)(=O)NCCCCc1ccc(OC)cc1. The first-order valence-corrected chi connectivity index (χ1v) is 8.83. The lowest BCUT2D eigenvalue weighted by Crippen LogP contribution is -2.27. The number of methoxy groups -OCH3 is 1. The second kappa shape index (κ2) is 8.97. The molecule has 4 nitrogen and oxygen atoms in total. The van der Waals surface area contributed by atoms with Gasteiger partial charge in [-0.25, -0.2) is 13.1 Å². The van der Waals surface area contributed by atoms with Crippen LogP contribution in [0.5, 0.6) is 5.75 Å². The van der Waals surface area contributed by atoms with Crippen molar-refractivity contribution in [3.05, 3.63) is 29.8 Å². The van der Waals surface area contributed by atoms with Gasteiger partial charge < -0.3 is 4.74 Å². The summed E-state index contributed by atoms with van der Waals surface area (Å²) in [6.07, 6.45) is 4.42. The van der Waals surface area contributed by atoms with Crippen LogP contribution in [0.15, 0.2) is 24.3 Å². The van der Waals surface area contributed by atoms with Crippen LogP contribution in [0, 0.1) is 0 Å². The van der Waals surface area contributed by atoms with Crippen LogP contribution < -0.4 is 9.46 Å². The van der Waals surface area contributed by atoms with Crippen LogP contribution in [-0.4, -0.2) is 27.8 Å². The maximum atomic E-state index is 11.6. The normalized spacial score (nSPS) is 11.5. The predicted octanol–water partition coefficient (Wildman–Crippen LogP) is 2.74. The number of hydrogen-bond acceptors (Lipinski definition) is 3. The molecule has 0 saturated carbocycles. The molecule has 1 aromatic carbocycles. The Labute approximate surface area is 122 Å². The van der Waals surface area contributed by atoms with E-state index in [1.807, 2.05) is 31.2 Å². The molecule has 0 aliphatic carbocycles. The Hall–Kier alpha value is -1.07. The summed E-state index contributed by atoms with van der Waals surface area (Å²) in [5.74, 6) is 1.10.